The Morgan fingerprint density at radius 1 is 0.839 bits per heavy atom. The highest BCUT2D eigenvalue weighted by molar-refractivity contribution is 6.35. The van der Waals surface area contributed by atoms with Gasteiger partial charge in [-0.05, 0) is 41.8 Å². The Morgan fingerprint density at radius 2 is 1.55 bits per heavy atom. The summed E-state index contributed by atoms with van der Waals surface area (Å²) in [4.78, 5) is 37.3. The van der Waals surface area contributed by atoms with Gasteiger partial charge in [-0.3, -0.25) is 24.3 Å². The minimum atomic E-state index is -0.454. The largest absolute Gasteiger partial charge is 0.289 e. The van der Waals surface area contributed by atoms with E-state index < -0.39 is 11.8 Å². The summed E-state index contributed by atoms with van der Waals surface area (Å²) in [7, 11) is 0. The second-order valence-electron chi connectivity index (χ2n) is 7.47. The van der Waals surface area contributed by atoms with E-state index in [1.807, 2.05) is 54.6 Å². The number of rotatable bonds is 4. The number of amides is 2. The Balaban J connectivity index is 1.66. The quantitative estimate of drug-likeness (QED) is 0.522. The molecule has 150 valence electrons. The molecule has 0 radical (unpaired) electrons. The van der Waals surface area contributed by atoms with Crippen LogP contribution in [-0.4, -0.2) is 22.3 Å². The van der Waals surface area contributed by atoms with Crippen molar-refractivity contribution in [3.63, 3.8) is 0 Å². The van der Waals surface area contributed by atoms with E-state index in [0.29, 0.717) is 16.6 Å². The summed E-state index contributed by atoms with van der Waals surface area (Å²) in [5, 5.41) is 3.05. The van der Waals surface area contributed by atoms with Gasteiger partial charge in [-0.1, -0.05) is 54.6 Å². The summed E-state index contributed by atoms with van der Waals surface area (Å²) in [5.41, 5.74) is 4.28. The number of hydrogen-bond acceptors (Lipinski definition) is 3. The van der Waals surface area contributed by atoms with E-state index in [-0.39, 0.29) is 11.5 Å². The summed E-state index contributed by atoms with van der Waals surface area (Å²) in [6.45, 7) is 0. The predicted molar refractivity (Wildman–Crippen MR) is 118 cm³/mol. The Hall–Kier alpha value is -4.25. The van der Waals surface area contributed by atoms with Crippen LogP contribution < -0.4 is 5.32 Å². The molecule has 1 N–H and O–H groups in total. The average molecular weight is 406 g/mol. The van der Waals surface area contributed by atoms with Crippen molar-refractivity contribution in [3.05, 3.63) is 113 Å². The van der Waals surface area contributed by atoms with Crippen LogP contribution in [0.15, 0.2) is 91.1 Å². The van der Waals surface area contributed by atoms with Crippen LogP contribution in [0.5, 0.6) is 0 Å². The van der Waals surface area contributed by atoms with E-state index in [4.69, 9.17) is 0 Å². The highest BCUT2D eigenvalue weighted by Crippen LogP contribution is 2.31. The molecule has 2 amide bonds. The van der Waals surface area contributed by atoms with E-state index in [0.717, 1.165) is 22.9 Å². The van der Waals surface area contributed by atoms with Gasteiger partial charge in [0.2, 0.25) is 0 Å². The summed E-state index contributed by atoms with van der Waals surface area (Å²) in [6, 6.07) is 24.9. The molecule has 5 nitrogen and oxygen atoms in total. The van der Waals surface area contributed by atoms with Gasteiger partial charge in [0.05, 0.1) is 11.1 Å². The van der Waals surface area contributed by atoms with Crippen LogP contribution in [0.25, 0.3) is 16.5 Å². The standard InChI is InChI=1S/C26H18N2O3/c29-24-15-21(25(30)27-24)22-16-28(26(31)19-9-5-2-6-10-19)23-12-11-18(14-20(22)23)13-17-7-3-1-4-8-17/h1-12,14-16H,13H2,(H,27,29,30). The van der Waals surface area contributed by atoms with Gasteiger partial charge in [-0.2, -0.15) is 0 Å². The fraction of sp³-hybridized carbons (Fsp3) is 0.0385. The lowest BCUT2D eigenvalue weighted by atomic mass is 10.00. The normalized spacial score (nSPS) is 13.4. The van der Waals surface area contributed by atoms with E-state index in [2.05, 4.69) is 17.4 Å². The van der Waals surface area contributed by atoms with Gasteiger partial charge in [0.25, 0.3) is 17.7 Å². The molecule has 5 heteroatoms. The number of nitrogens with zero attached hydrogens (tertiary/aromatic N) is 1. The van der Waals surface area contributed by atoms with Crippen molar-refractivity contribution in [1.29, 1.82) is 0 Å². The Bertz CT molecular complexity index is 1370. The fourth-order valence-electron chi connectivity index (χ4n) is 3.93. The van der Waals surface area contributed by atoms with Crippen LogP contribution in [0.4, 0.5) is 0 Å². The van der Waals surface area contributed by atoms with Gasteiger partial charge in [0.15, 0.2) is 0 Å². The zero-order valence-electron chi connectivity index (χ0n) is 16.5. The van der Waals surface area contributed by atoms with Crippen molar-refractivity contribution in [3.8, 4) is 0 Å². The van der Waals surface area contributed by atoms with E-state index in [1.54, 1.807) is 22.9 Å². The zero-order valence-corrected chi connectivity index (χ0v) is 16.5. The molecule has 0 spiro atoms. The maximum atomic E-state index is 13.2. The first-order valence-corrected chi connectivity index (χ1v) is 9.95. The smallest absolute Gasteiger partial charge is 0.262 e. The maximum absolute atomic E-state index is 13.2. The third kappa shape index (κ3) is 3.46. The van der Waals surface area contributed by atoms with Crippen molar-refractivity contribution >= 4 is 34.2 Å². The van der Waals surface area contributed by atoms with E-state index in [9.17, 15) is 14.4 Å². The van der Waals surface area contributed by atoms with Crippen LogP contribution in [0.1, 0.15) is 27.0 Å². The minimum Gasteiger partial charge on any atom is -0.289 e. The number of benzene rings is 3. The molecule has 31 heavy (non-hydrogen) atoms. The third-order valence-electron chi connectivity index (χ3n) is 5.41. The lowest BCUT2D eigenvalue weighted by Crippen LogP contribution is -2.21. The summed E-state index contributed by atoms with van der Waals surface area (Å²) < 4.78 is 1.54. The lowest BCUT2D eigenvalue weighted by molar-refractivity contribution is -0.123. The second-order valence-corrected chi connectivity index (χ2v) is 7.47. The van der Waals surface area contributed by atoms with E-state index in [1.165, 1.54) is 6.08 Å². The summed E-state index contributed by atoms with van der Waals surface area (Å²) in [5.74, 6) is -1.10. The SMILES string of the molecule is O=C1C=C(c2cn(C(=O)c3ccccc3)c3ccc(Cc4ccccc4)cc23)C(=O)N1. The van der Waals surface area contributed by atoms with Gasteiger partial charge >= 0.3 is 0 Å². The maximum Gasteiger partial charge on any atom is 0.262 e. The van der Waals surface area contributed by atoms with Gasteiger partial charge in [0.1, 0.15) is 0 Å². The molecule has 5 rings (SSSR count). The molecule has 2 heterocycles. The molecule has 0 aliphatic carbocycles. The summed E-state index contributed by atoms with van der Waals surface area (Å²) in [6.07, 6.45) is 3.66. The van der Waals surface area contributed by atoms with Gasteiger partial charge in [-0.25, -0.2) is 0 Å². The predicted octanol–water partition coefficient (Wildman–Crippen LogP) is 3.96. The van der Waals surface area contributed by atoms with Crippen LogP contribution in [0.2, 0.25) is 0 Å². The molecule has 0 bridgehead atoms. The van der Waals surface area contributed by atoms with E-state index >= 15 is 0 Å². The molecular formula is C26H18N2O3. The van der Waals surface area contributed by atoms with Crippen LogP contribution in [0, 0.1) is 0 Å². The van der Waals surface area contributed by atoms with Crippen molar-refractivity contribution in [1.82, 2.24) is 9.88 Å². The molecule has 1 aliphatic rings. The third-order valence-corrected chi connectivity index (χ3v) is 5.41. The molecule has 0 unspecified atom stereocenters. The molecule has 1 aromatic heterocycles. The fourth-order valence-corrected chi connectivity index (χ4v) is 3.93. The van der Waals surface area contributed by atoms with Crippen LogP contribution >= 0.6 is 0 Å². The molecule has 3 aromatic carbocycles. The number of hydrogen-bond donors (Lipinski definition) is 1. The second kappa shape index (κ2) is 7.54. The topological polar surface area (TPSA) is 68.2 Å². The molecular weight excluding hydrogens is 388 g/mol. The Kier molecular flexibility index (Phi) is 4.56. The van der Waals surface area contributed by atoms with Crippen molar-refractivity contribution in [2.75, 3.05) is 0 Å². The Labute approximate surface area is 178 Å². The average Bonchev–Trinajstić information content (AvgIpc) is 3.33. The number of carbonyl (C=O) groups is 3. The zero-order chi connectivity index (χ0) is 21.4. The first-order chi connectivity index (χ1) is 15.1. The number of imide groups is 1. The monoisotopic (exact) mass is 406 g/mol. The van der Waals surface area contributed by atoms with Crippen molar-refractivity contribution < 1.29 is 14.4 Å². The van der Waals surface area contributed by atoms with Gasteiger partial charge in [-0.15, -0.1) is 0 Å². The van der Waals surface area contributed by atoms with Crippen molar-refractivity contribution in [2.45, 2.75) is 6.42 Å². The molecule has 1 aliphatic heterocycles. The first kappa shape index (κ1) is 18.8. The highest BCUT2D eigenvalue weighted by Gasteiger charge is 2.26. The number of aromatic nitrogens is 1. The van der Waals surface area contributed by atoms with Crippen LogP contribution in [-0.2, 0) is 16.0 Å². The number of fused-ring (bicyclic) bond motifs is 1. The molecule has 0 fully saturated rings. The van der Waals surface area contributed by atoms with Gasteiger partial charge < -0.3 is 0 Å². The van der Waals surface area contributed by atoms with Crippen LogP contribution in [0.3, 0.4) is 0 Å². The number of carbonyl (C=O) groups excluding carboxylic acids is 3. The highest BCUT2D eigenvalue weighted by atomic mass is 16.2. The molecule has 4 aromatic rings. The molecule has 0 atom stereocenters. The lowest BCUT2D eigenvalue weighted by Gasteiger charge is -2.06. The van der Waals surface area contributed by atoms with Crippen molar-refractivity contribution in [2.24, 2.45) is 0 Å². The first-order valence-electron chi connectivity index (χ1n) is 9.95. The minimum absolute atomic E-state index is 0.196. The number of nitrogens with one attached hydrogen (secondary N) is 1. The van der Waals surface area contributed by atoms with Gasteiger partial charge in [0, 0.05) is 28.8 Å². The molecule has 0 saturated carbocycles. The molecule has 0 saturated heterocycles. The Morgan fingerprint density at radius 3 is 2.23 bits per heavy atom. The summed E-state index contributed by atoms with van der Waals surface area (Å²) >= 11 is 0.